The van der Waals surface area contributed by atoms with Crippen LogP contribution in [0.15, 0.2) is 39.7 Å². The Bertz CT molecular complexity index is 965. The molecule has 1 heterocycles. The standard InChI is InChI=1S/C17H10BrCl2NO3S2/c1-24-14-4-8(10(18)7-13(14)22)5-15-16(23)21(17(25)26-15)12-3-2-9(19)6-11(12)20/h2-7,22H,1H3/b15-5+. The summed E-state index contributed by atoms with van der Waals surface area (Å²) in [5.41, 5.74) is 1.15. The molecule has 1 saturated heterocycles. The number of hydrogen-bond donors (Lipinski definition) is 1. The molecule has 1 N–H and O–H groups in total. The Morgan fingerprint density at radius 3 is 2.69 bits per heavy atom. The van der Waals surface area contributed by atoms with E-state index < -0.39 is 0 Å². The number of ether oxygens (including phenoxy) is 1. The summed E-state index contributed by atoms with van der Waals surface area (Å²) < 4.78 is 6.10. The maximum atomic E-state index is 12.9. The number of benzene rings is 2. The molecule has 2 aromatic rings. The van der Waals surface area contributed by atoms with E-state index in [1.54, 1.807) is 30.3 Å². The molecular formula is C17H10BrCl2NO3S2. The Labute approximate surface area is 177 Å². The number of carbonyl (C=O) groups excluding carboxylic acids is 1. The van der Waals surface area contributed by atoms with Crippen molar-refractivity contribution >= 4 is 85.1 Å². The van der Waals surface area contributed by atoms with Crippen molar-refractivity contribution in [2.45, 2.75) is 0 Å². The first-order chi connectivity index (χ1) is 12.3. The second kappa shape index (κ2) is 7.78. The molecule has 134 valence electrons. The largest absolute Gasteiger partial charge is 0.504 e. The van der Waals surface area contributed by atoms with E-state index in [0.717, 1.165) is 11.8 Å². The van der Waals surface area contributed by atoms with E-state index in [0.29, 0.717) is 40.7 Å². The minimum Gasteiger partial charge on any atom is -0.504 e. The van der Waals surface area contributed by atoms with Gasteiger partial charge < -0.3 is 9.84 Å². The quantitative estimate of drug-likeness (QED) is 0.430. The number of aromatic hydroxyl groups is 1. The molecular weight excluding hydrogens is 481 g/mol. The van der Waals surface area contributed by atoms with E-state index >= 15 is 0 Å². The van der Waals surface area contributed by atoms with Crippen LogP contribution < -0.4 is 9.64 Å². The van der Waals surface area contributed by atoms with E-state index in [1.807, 2.05) is 0 Å². The Morgan fingerprint density at radius 2 is 2.04 bits per heavy atom. The van der Waals surface area contributed by atoms with Crippen LogP contribution in [0.5, 0.6) is 11.5 Å². The first-order valence-electron chi connectivity index (χ1n) is 7.11. The van der Waals surface area contributed by atoms with E-state index in [9.17, 15) is 9.90 Å². The van der Waals surface area contributed by atoms with Crippen molar-refractivity contribution in [1.29, 1.82) is 0 Å². The summed E-state index contributed by atoms with van der Waals surface area (Å²) in [7, 11) is 1.45. The molecule has 4 nitrogen and oxygen atoms in total. The normalized spacial score (nSPS) is 15.8. The Kier molecular flexibility index (Phi) is 5.84. The fourth-order valence-electron chi connectivity index (χ4n) is 2.31. The Morgan fingerprint density at radius 1 is 1.31 bits per heavy atom. The number of carbonyl (C=O) groups is 1. The Balaban J connectivity index is 2.00. The highest BCUT2D eigenvalue weighted by molar-refractivity contribution is 9.10. The molecule has 26 heavy (non-hydrogen) atoms. The summed E-state index contributed by atoms with van der Waals surface area (Å²) in [6, 6.07) is 7.98. The number of phenolic OH excluding ortho intramolecular Hbond substituents is 1. The molecule has 1 amide bonds. The second-order valence-electron chi connectivity index (χ2n) is 5.16. The van der Waals surface area contributed by atoms with Crippen LogP contribution >= 0.6 is 63.1 Å². The van der Waals surface area contributed by atoms with Crippen LogP contribution in [0.1, 0.15) is 5.56 Å². The van der Waals surface area contributed by atoms with Crippen molar-refractivity contribution in [2.24, 2.45) is 0 Å². The van der Waals surface area contributed by atoms with Crippen LogP contribution in [0, 0.1) is 0 Å². The monoisotopic (exact) mass is 489 g/mol. The molecule has 0 aliphatic carbocycles. The van der Waals surface area contributed by atoms with Gasteiger partial charge in [0.2, 0.25) is 0 Å². The van der Waals surface area contributed by atoms with Gasteiger partial charge in [-0.2, -0.15) is 0 Å². The highest BCUT2D eigenvalue weighted by atomic mass is 79.9. The van der Waals surface area contributed by atoms with Crippen molar-refractivity contribution in [1.82, 2.24) is 0 Å². The van der Waals surface area contributed by atoms with Crippen LogP contribution in [-0.4, -0.2) is 22.4 Å². The van der Waals surface area contributed by atoms with Gasteiger partial charge in [0.15, 0.2) is 15.8 Å². The smallest absolute Gasteiger partial charge is 0.270 e. The molecule has 0 spiro atoms. The molecule has 0 radical (unpaired) electrons. The number of thiocarbonyl (C=S) groups is 1. The molecule has 2 aromatic carbocycles. The van der Waals surface area contributed by atoms with Gasteiger partial charge in [0, 0.05) is 9.50 Å². The molecule has 1 aliphatic heterocycles. The number of hydrogen-bond acceptors (Lipinski definition) is 5. The van der Waals surface area contributed by atoms with E-state index in [2.05, 4.69) is 15.9 Å². The van der Waals surface area contributed by atoms with Gasteiger partial charge in [0.05, 0.1) is 22.7 Å². The van der Waals surface area contributed by atoms with Gasteiger partial charge in [-0.05, 0) is 42.0 Å². The predicted octanol–water partition coefficient (Wildman–Crippen LogP) is 5.88. The number of thioether (sulfide) groups is 1. The molecule has 3 rings (SSSR count). The van der Waals surface area contributed by atoms with E-state index in [1.165, 1.54) is 18.1 Å². The lowest BCUT2D eigenvalue weighted by atomic mass is 10.2. The van der Waals surface area contributed by atoms with Gasteiger partial charge in [0.25, 0.3) is 5.91 Å². The van der Waals surface area contributed by atoms with Gasteiger partial charge in [0.1, 0.15) is 0 Å². The summed E-state index contributed by atoms with van der Waals surface area (Å²) >= 11 is 22.0. The number of methoxy groups -OCH3 is 1. The second-order valence-corrected chi connectivity index (χ2v) is 8.53. The number of anilines is 1. The number of amides is 1. The fraction of sp³-hybridized carbons (Fsp3) is 0.0588. The molecule has 0 atom stereocenters. The lowest BCUT2D eigenvalue weighted by molar-refractivity contribution is -0.113. The zero-order valence-electron chi connectivity index (χ0n) is 13.1. The van der Waals surface area contributed by atoms with E-state index in [4.69, 9.17) is 40.2 Å². The molecule has 1 fully saturated rings. The Hall–Kier alpha value is -1.25. The summed E-state index contributed by atoms with van der Waals surface area (Å²) in [5.74, 6) is 0.0101. The van der Waals surface area contributed by atoms with Crippen molar-refractivity contribution in [3.8, 4) is 11.5 Å². The number of halogens is 3. The molecule has 0 bridgehead atoms. The van der Waals surface area contributed by atoms with Crippen LogP contribution in [0.25, 0.3) is 6.08 Å². The predicted molar refractivity (Wildman–Crippen MR) is 114 cm³/mol. The molecule has 0 unspecified atom stereocenters. The highest BCUT2D eigenvalue weighted by Gasteiger charge is 2.34. The average molecular weight is 491 g/mol. The molecule has 0 aromatic heterocycles. The summed E-state index contributed by atoms with van der Waals surface area (Å²) in [6.07, 6.45) is 1.68. The van der Waals surface area contributed by atoms with Gasteiger partial charge in [-0.1, -0.05) is 63.1 Å². The molecule has 1 aliphatic rings. The average Bonchev–Trinajstić information content (AvgIpc) is 2.84. The third kappa shape index (κ3) is 3.73. The zero-order chi connectivity index (χ0) is 19.0. The maximum Gasteiger partial charge on any atom is 0.270 e. The van der Waals surface area contributed by atoms with Gasteiger partial charge >= 0.3 is 0 Å². The van der Waals surface area contributed by atoms with Crippen LogP contribution in [0.4, 0.5) is 5.69 Å². The fourth-order valence-corrected chi connectivity index (χ4v) is 4.53. The lowest BCUT2D eigenvalue weighted by Gasteiger charge is -2.16. The third-order valence-corrected chi connectivity index (χ3v) is 6.06. The molecule has 0 saturated carbocycles. The van der Waals surface area contributed by atoms with Gasteiger partial charge in [-0.15, -0.1) is 0 Å². The van der Waals surface area contributed by atoms with Crippen LogP contribution in [0.3, 0.4) is 0 Å². The zero-order valence-corrected chi connectivity index (χ0v) is 17.9. The lowest BCUT2D eigenvalue weighted by Crippen LogP contribution is -2.27. The number of rotatable bonds is 3. The molecule has 9 heteroatoms. The van der Waals surface area contributed by atoms with E-state index in [-0.39, 0.29) is 11.7 Å². The van der Waals surface area contributed by atoms with Crippen molar-refractivity contribution in [3.05, 3.63) is 55.3 Å². The van der Waals surface area contributed by atoms with Gasteiger partial charge in [-0.3, -0.25) is 9.69 Å². The summed E-state index contributed by atoms with van der Waals surface area (Å²) in [6.45, 7) is 0. The SMILES string of the molecule is COc1cc(/C=C2/SC(=S)N(c3ccc(Cl)cc3Cl)C2=O)c(Br)cc1O. The minimum atomic E-state index is -0.289. The highest BCUT2D eigenvalue weighted by Crippen LogP contribution is 2.41. The third-order valence-electron chi connectivity index (χ3n) is 3.53. The first-order valence-corrected chi connectivity index (χ1v) is 9.88. The van der Waals surface area contributed by atoms with Crippen molar-refractivity contribution in [2.75, 3.05) is 12.0 Å². The summed E-state index contributed by atoms with van der Waals surface area (Å²) in [5, 5.41) is 10.6. The van der Waals surface area contributed by atoms with Crippen molar-refractivity contribution in [3.63, 3.8) is 0 Å². The van der Waals surface area contributed by atoms with Crippen molar-refractivity contribution < 1.29 is 14.6 Å². The maximum absolute atomic E-state index is 12.9. The van der Waals surface area contributed by atoms with Crippen LogP contribution in [-0.2, 0) is 4.79 Å². The summed E-state index contributed by atoms with van der Waals surface area (Å²) in [4.78, 5) is 14.6. The topological polar surface area (TPSA) is 49.8 Å². The minimum absolute atomic E-state index is 0.00276. The first kappa shape index (κ1) is 19.5. The number of nitrogens with zero attached hydrogens (tertiary/aromatic N) is 1. The number of phenols is 1. The van der Waals surface area contributed by atoms with Crippen LogP contribution in [0.2, 0.25) is 10.0 Å². The van der Waals surface area contributed by atoms with Gasteiger partial charge in [-0.25, -0.2) is 0 Å².